The average Bonchev–Trinajstić information content (AvgIpc) is 2.10. The van der Waals surface area contributed by atoms with Gasteiger partial charge in [-0.25, -0.2) is 4.39 Å². The molecule has 0 radical (unpaired) electrons. The van der Waals surface area contributed by atoms with Crippen molar-refractivity contribution in [2.24, 2.45) is 0 Å². The number of nitrogens with one attached hydrogen (secondary N) is 1. The Morgan fingerprint density at radius 3 is 2.69 bits per heavy atom. The monoisotopic (exact) mass is 183 g/mol. The molecule has 0 bridgehead atoms. The molecule has 72 valence electrons. The van der Waals surface area contributed by atoms with Crippen LogP contribution in [0, 0.1) is 12.7 Å². The van der Waals surface area contributed by atoms with Crippen LogP contribution in [-0.2, 0) is 4.84 Å². The SMILES string of the molecule is CONC(C)c1ccc(C)c(F)c1. The van der Waals surface area contributed by atoms with Gasteiger partial charge >= 0.3 is 0 Å². The molecule has 0 fully saturated rings. The number of halogens is 1. The topological polar surface area (TPSA) is 21.3 Å². The van der Waals surface area contributed by atoms with Crippen molar-refractivity contribution < 1.29 is 9.23 Å². The zero-order valence-electron chi connectivity index (χ0n) is 8.10. The van der Waals surface area contributed by atoms with Gasteiger partial charge in [-0.2, -0.15) is 5.48 Å². The molecule has 1 rings (SSSR count). The summed E-state index contributed by atoms with van der Waals surface area (Å²) >= 11 is 0. The minimum Gasteiger partial charge on any atom is -0.305 e. The van der Waals surface area contributed by atoms with E-state index in [4.69, 9.17) is 4.84 Å². The maximum absolute atomic E-state index is 13.1. The lowest BCUT2D eigenvalue weighted by molar-refractivity contribution is 0.0658. The van der Waals surface area contributed by atoms with Crippen molar-refractivity contribution in [2.45, 2.75) is 19.9 Å². The standard InChI is InChI=1S/C10H14FNO/c1-7-4-5-9(6-10(7)11)8(2)12-13-3/h4-6,8,12H,1-3H3. The highest BCUT2D eigenvalue weighted by Gasteiger charge is 2.06. The fourth-order valence-corrected chi connectivity index (χ4v) is 1.12. The van der Waals surface area contributed by atoms with Crippen molar-refractivity contribution >= 4 is 0 Å². The quantitative estimate of drug-likeness (QED) is 0.726. The molecule has 0 aliphatic rings. The Morgan fingerprint density at radius 1 is 1.46 bits per heavy atom. The highest BCUT2D eigenvalue weighted by Crippen LogP contribution is 2.15. The largest absolute Gasteiger partial charge is 0.305 e. The van der Waals surface area contributed by atoms with E-state index in [2.05, 4.69) is 5.48 Å². The van der Waals surface area contributed by atoms with E-state index in [0.29, 0.717) is 5.56 Å². The van der Waals surface area contributed by atoms with Crippen LogP contribution in [0.4, 0.5) is 4.39 Å². The lowest BCUT2D eigenvalue weighted by atomic mass is 10.1. The first-order valence-corrected chi connectivity index (χ1v) is 4.19. The van der Waals surface area contributed by atoms with Crippen molar-refractivity contribution in [3.63, 3.8) is 0 Å². The fourth-order valence-electron chi connectivity index (χ4n) is 1.12. The second kappa shape index (κ2) is 4.35. The van der Waals surface area contributed by atoms with Crippen LogP contribution >= 0.6 is 0 Å². The van der Waals surface area contributed by atoms with Crippen molar-refractivity contribution in [3.05, 3.63) is 35.1 Å². The summed E-state index contributed by atoms with van der Waals surface area (Å²) in [5, 5.41) is 0. The van der Waals surface area contributed by atoms with Gasteiger partial charge < -0.3 is 4.84 Å². The van der Waals surface area contributed by atoms with Gasteiger partial charge in [-0.1, -0.05) is 12.1 Å². The summed E-state index contributed by atoms with van der Waals surface area (Å²) in [6.45, 7) is 3.65. The highest BCUT2D eigenvalue weighted by atomic mass is 19.1. The van der Waals surface area contributed by atoms with Crippen LogP contribution in [0.2, 0.25) is 0 Å². The molecule has 1 unspecified atom stereocenters. The number of benzene rings is 1. The molecular weight excluding hydrogens is 169 g/mol. The van der Waals surface area contributed by atoms with Crippen LogP contribution in [0.25, 0.3) is 0 Å². The third-order valence-electron chi connectivity index (χ3n) is 1.99. The van der Waals surface area contributed by atoms with Crippen LogP contribution in [0.15, 0.2) is 18.2 Å². The van der Waals surface area contributed by atoms with Crippen molar-refractivity contribution in [3.8, 4) is 0 Å². The summed E-state index contributed by atoms with van der Waals surface area (Å²) in [5.74, 6) is -0.178. The van der Waals surface area contributed by atoms with E-state index >= 15 is 0 Å². The first-order chi connectivity index (χ1) is 6.15. The molecule has 2 nitrogen and oxygen atoms in total. The van der Waals surface area contributed by atoms with Crippen molar-refractivity contribution in [1.82, 2.24) is 5.48 Å². The van der Waals surface area contributed by atoms with E-state index in [-0.39, 0.29) is 11.9 Å². The van der Waals surface area contributed by atoms with Gasteiger partial charge in [0, 0.05) is 0 Å². The van der Waals surface area contributed by atoms with E-state index < -0.39 is 0 Å². The number of aryl methyl sites for hydroxylation is 1. The number of hydroxylamine groups is 1. The Hall–Kier alpha value is -0.930. The second-order valence-electron chi connectivity index (χ2n) is 3.05. The molecule has 0 aromatic heterocycles. The summed E-state index contributed by atoms with van der Waals surface area (Å²) in [7, 11) is 1.54. The van der Waals surface area contributed by atoms with Crippen molar-refractivity contribution in [1.29, 1.82) is 0 Å². The van der Waals surface area contributed by atoms with Gasteiger partial charge in [0.1, 0.15) is 5.82 Å². The molecule has 1 N–H and O–H groups in total. The van der Waals surface area contributed by atoms with Crippen LogP contribution in [0.3, 0.4) is 0 Å². The maximum Gasteiger partial charge on any atom is 0.126 e. The summed E-state index contributed by atoms with van der Waals surface area (Å²) in [6, 6.07) is 5.17. The van der Waals surface area contributed by atoms with Crippen LogP contribution in [0.1, 0.15) is 24.1 Å². The molecule has 0 spiro atoms. The molecule has 0 saturated carbocycles. The van der Waals surface area contributed by atoms with E-state index in [9.17, 15) is 4.39 Å². The third-order valence-corrected chi connectivity index (χ3v) is 1.99. The van der Waals surface area contributed by atoms with Gasteiger partial charge in [-0.05, 0) is 31.0 Å². The third kappa shape index (κ3) is 2.50. The molecule has 0 aliphatic heterocycles. The number of rotatable bonds is 3. The van der Waals surface area contributed by atoms with Gasteiger partial charge in [0.05, 0.1) is 13.2 Å². The fraction of sp³-hybridized carbons (Fsp3) is 0.400. The van der Waals surface area contributed by atoms with Crippen LogP contribution in [-0.4, -0.2) is 7.11 Å². The maximum atomic E-state index is 13.1. The lowest BCUT2D eigenvalue weighted by Gasteiger charge is -2.12. The van der Waals surface area contributed by atoms with Crippen LogP contribution < -0.4 is 5.48 Å². The molecule has 0 saturated heterocycles. The van der Waals surface area contributed by atoms with Gasteiger partial charge in [0.2, 0.25) is 0 Å². The first kappa shape index (κ1) is 10.2. The predicted molar refractivity (Wildman–Crippen MR) is 49.7 cm³/mol. The molecule has 0 heterocycles. The minimum absolute atomic E-state index is 0.0000926. The zero-order valence-corrected chi connectivity index (χ0v) is 8.10. The molecule has 1 aromatic carbocycles. The molecule has 0 aliphatic carbocycles. The molecule has 13 heavy (non-hydrogen) atoms. The first-order valence-electron chi connectivity index (χ1n) is 4.19. The average molecular weight is 183 g/mol. The van der Waals surface area contributed by atoms with Gasteiger partial charge in [-0.15, -0.1) is 0 Å². The Balaban J connectivity index is 2.84. The Kier molecular flexibility index (Phi) is 3.39. The Labute approximate surface area is 77.7 Å². The second-order valence-corrected chi connectivity index (χ2v) is 3.05. The van der Waals surface area contributed by atoms with Gasteiger partial charge in [0.25, 0.3) is 0 Å². The Morgan fingerprint density at radius 2 is 2.15 bits per heavy atom. The number of hydrogen-bond donors (Lipinski definition) is 1. The molecule has 3 heteroatoms. The summed E-state index contributed by atoms with van der Waals surface area (Å²) in [4.78, 5) is 4.76. The molecule has 0 amide bonds. The number of hydrogen-bond acceptors (Lipinski definition) is 2. The zero-order chi connectivity index (χ0) is 9.84. The normalized spacial score (nSPS) is 12.9. The minimum atomic E-state index is -0.178. The lowest BCUT2D eigenvalue weighted by Crippen LogP contribution is -2.16. The predicted octanol–water partition coefficient (Wildman–Crippen LogP) is 2.35. The molecule has 1 atom stereocenters. The molecular formula is C10H14FNO. The Bertz CT molecular complexity index is 288. The summed E-state index contributed by atoms with van der Waals surface area (Å²) in [5.41, 5.74) is 4.28. The highest BCUT2D eigenvalue weighted by molar-refractivity contribution is 5.25. The molecule has 1 aromatic rings. The summed E-state index contributed by atoms with van der Waals surface area (Å²) in [6.07, 6.45) is 0. The van der Waals surface area contributed by atoms with Gasteiger partial charge in [0.15, 0.2) is 0 Å². The summed E-state index contributed by atoms with van der Waals surface area (Å²) < 4.78 is 13.1. The van der Waals surface area contributed by atoms with E-state index in [1.54, 1.807) is 20.1 Å². The van der Waals surface area contributed by atoms with E-state index in [1.807, 2.05) is 13.0 Å². The van der Waals surface area contributed by atoms with Crippen molar-refractivity contribution in [2.75, 3.05) is 7.11 Å². The van der Waals surface area contributed by atoms with Gasteiger partial charge in [-0.3, -0.25) is 0 Å². The van der Waals surface area contributed by atoms with E-state index in [1.165, 1.54) is 6.07 Å². The van der Waals surface area contributed by atoms with E-state index in [0.717, 1.165) is 5.56 Å². The van der Waals surface area contributed by atoms with Crippen LogP contribution in [0.5, 0.6) is 0 Å². The smallest absolute Gasteiger partial charge is 0.126 e.